The summed E-state index contributed by atoms with van der Waals surface area (Å²) in [6, 6.07) is 2.56. The number of benzene rings is 1. The number of nitrogens with zero attached hydrogens (tertiary/aromatic N) is 1. The number of piperidine rings is 1. The summed E-state index contributed by atoms with van der Waals surface area (Å²) >= 11 is 0. The fourth-order valence-corrected chi connectivity index (χ4v) is 3.97. The average molecular weight is 301 g/mol. The Morgan fingerprint density at radius 2 is 2.10 bits per heavy atom. The van der Waals surface area contributed by atoms with Crippen LogP contribution >= 0.6 is 0 Å². The van der Waals surface area contributed by atoms with Gasteiger partial charge in [0.2, 0.25) is 10.0 Å². The molecule has 1 heterocycles. The highest BCUT2D eigenvalue weighted by Gasteiger charge is 2.37. The van der Waals surface area contributed by atoms with Gasteiger partial charge in [0.05, 0.1) is 4.90 Å². The molecule has 1 atom stereocenters. The van der Waals surface area contributed by atoms with Crippen molar-refractivity contribution in [1.29, 1.82) is 0 Å². The Bertz CT molecular complexity index is 629. The van der Waals surface area contributed by atoms with Crippen molar-refractivity contribution in [2.45, 2.75) is 37.1 Å². The Morgan fingerprint density at radius 3 is 2.70 bits per heavy atom. The molecule has 1 unspecified atom stereocenters. The van der Waals surface area contributed by atoms with E-state index >= 15 is 0 Å². The third kappa shape index (κ3) is 2.69. The summed E-state index contributed by atoms with van der Waals surface area (Å²) in [5.41, 5.74) is 0.345. The standard InChI is InChI=1S/C13H16FNO4S/c1-9-5-6-10(8-11(9)14)20(18,19)15-7-3-2-4-12(15)13(16)17/h5-6,8,12H,2-4,7H2,1H3,(H,16,17). The SMILES string of the molecule is Cc1ccc(S(=O)(=O)N2CCCCC2C(=O)O)cc1F. The van der Waals surface area contributed by atoms with Gasteiger partial charge in [-0.05, 0) is 43.9 Å². The van der Waals surface area contributed by atoms with Gasteiger partial charge < -0.3 is 5.11 Å². The summed E-state index contributed by atoms with van der Waals surface area (Å²) < 4.78 is 39.4. The number of aliphatic carboxylic acids is 1. The number of rotatable bonds is 3. The topological polar surface area (TPSA) is 74.7 Å². The number of carboxylic acids is 1. The van der Waals surface area contributed by atoms with E-state index in [-0.39, 0.29) is 17.9 Å². The molecule has 0 aromatic heterocycles. The monoisotopic (exact) mass is 301 g/mol. The molecule has 0 spiro atoms. The molecule has 1 saturated heterocycles. The van der Waals surface area contributed by atoms with E-state index in [1.807, 2.05) is 0 Å². The Morgan fingerprint density at radius 1 is 1.40 bits per heavy atom. The van der Waals surface area contributed by atoms with Crippen molar-refractivity contribution in [3.05, 3.63) is 29.6 Å². The minimum Gasteiger partial charge on any atom is -0.480 e. The number of hydrogen-bond acceptors (Lipinski definition) is 3. The number of hydrogen-bond donors (Lipinski definition) is 1. The second-order valence-electron chi connectivity index (χ2n) is 4.88. The van der Waals surface area contributed by atoms with Crippen molar-refractivity contribution in [3.8, 4) is 0 Å². The van der Waals surface area contributed by atoms with Crippen molar-refractivity contribution < 1.29 is 22.7 Å². The zero-order chi connectivity index (χ0) is 14.9. The second-order valence-corrected chi connectivity index (χ2v) is 6.77. The lowest BCUT2D eigenvalue weighted by atomic mass is 10.1. The van der Waals surface area contributed by atoms with E-state index in [1.54, 1.807) is 0 Å². The average Bonchev–Trinajstić information content (AvgIpc) is 2.41. The maximum Gasteiger partial charge on any atom is 0.322 e. The lowest BCUT2D eigenvalue weighted by Crippen LogP contribution is -2.47. The van der Waals surface area contributed by atoms with Crippen molar-refractivity contribution in [1.82, 2.24) is 4.31 Å². The molecule has 0 bridgehead atoms. The predicted octanol–water partition coefficient (Wildman–Crippen LogP) is 1.76. The normalized spacial score (nSPS) is 20.8. The van der Waals surface area contributed by atoms with Crippen LogP contribution in [0, 0.1) is 12.7 Å². The van der Waals surface area contributed by atoms with Gasteiger partial charge in [0.1, 0.15) is 11.9 Å². The van der Waals surface area contributed by atoms with Crippen LogP contribution in [0.1, 0.15) is 24.8 Å². The molecule has 1 N–H and O–H groups in total. The Balaban J connectivity index is 2.42. The van der Waals surface area contributed by atoms with Crippen LogP contribution in [0.3, 0.4) is 0 Å². The van der Waals surface area contributed by atoms with Gasteiger partial charge in [-0.15, -0.1) is 0 Å². The smallest absolute Gasteiger partial charge is 0.322 e. The summed E-state index contributed by atoms with van der Waals surface area (Å²) in [6.45, 7) is 1.68. The van der Waals surface area contributed by atoms with Gasteiger partial charge in [-0.25, -0.2) is 12.8 Å². The molecular weight excluding hydrogens is 285 g/mol. The second kappa shape index (κ2) is 5.49. The molecule has 7 heteroatoms. The quantitative estimate of drug-likeness (QED) is 0.923. The highest BCUT2D eigenvalue weighted by atomic mass is 32.2. The maximum atomic E-state index is 13.5. The van der Waals surface area contributed by atoms with E-state index in [0.29, 0.717) is 18.4 Å². The molecule has 5 nitrogen and oxygen atoms in total. The lowest BCUT2D eigenvalue weighted by Gasteiger charge is -2.31. The molecule has 2 rings (SSSR count). The molecule has 0 aliphatic carbocycles. The molecule has 20 heavy (non-hydrogen) atoms. The van der Waals surface area contributed by atoms with Crippen molar-refractivity contribution >= 4 is 16.0 Å². The van der Waals surface area contributed by atoms with E-state index in [4.69, 9.17) is 5.11 Å². The number of carboxylic acid groups (broad SMARTS) is 1. The molecule has 1 aromatic rings. The first kappa shape index (κ1) is 14.9. The van der Waals surface area contributed by atoms with E-state index in [0.717, 1.165) is 10.4 Å². The minimum absolute atomic E-state index is 0.148. The third-order valence-corrected chi connectivity index (χ3v) is 5.39. The first-order valence-electron chi connectivity index (χ1n) is 6.35. The number of sulfonamides is 1. The van der Waals surface area contributed by atoms with E-state index in [9.17, 15) is 17.6 Å². The predicted molar refractivity (Wildman–Crippen MR) is 70.3 cm³/mol. The minimum atomic E-state index is -3.98. The van der Waals surface area contributed by atoms with Crippen LogP contribution in [0.2, 0.25) is 0 Å². The van der Waals surface area contributed by atoms with Crippen LogP contribution in [0.5, 0.6) is 0 Å². The molecule has 1 aliphatic rings. The van der Waals surface area contributed by atoms with Crippen molar-refractivity contribution in [2.75, 3.05) is 6.54 Å². The van der Waals surface area contributed by atoms with Gasteiger partial charge in [-0.3, -0.25) is 4.79 Å². The van der Waals surface area contributed by atoms with Crippen LogP contribution < -0.4 is 0 Å². The van der Waals surface area contributed by atoms with Gasteiger partial charge in [-0.1, -0.05) is 6.07 Å². The van der Waals surface area contributed by atoms with Gasteiger partial charge in [0.25, 0.3) is 0 Å². The van der Waals surface area contributed by atoms with Crippen molar-refractivity contribution in [2.24, 2.45) is 0 Å². The lowest BCUT2D eigenvalue weighted by molar-refractivity contribution is -0.142. The number of carbonyl (C=O) groups is 1. The van der Waals surface area contributed by atoms with E-state index in [2.05, 4.69) is 0 Å². The molecule has 1 fully saturated rings. The zero-order valence-electron chi connectivity index (χ0n) is 11.0. The maximum absolute atomic E-state index is 13.5. The van der Waals surface area contributed by atoms with Crippen LogP contribution in [0.4, 0.5) is 4.39 Å². The van der Waals surface area contributed by atoms with Crippen LogP contribution in [-0.4, -0.2) is 36.4 Å². The Kier molecular flexibility index (Phi) is 4.10. The van der Waals surface area contributed by atoms with Crippen molar-refractivity contribution in [3.63, 3.8) is 0 Å². The number of aryl methyl sites for hydroxylation is 1. The fourth-order valence-electron chi connectivity index (χ4n) is 2.31. The van der Waals surface area contributed by atoms with Crippen LogP contribution in [-0.2, 0) is 14.8 Å². The third-order valence-electron chi connectivity index (χ3n) is 3.49. The molecule has 0 radical (unpaired) electrons. The van der Waals surface area contributed by atoms with Gasteiger partial charge in [0, 0.05) is 6.54 Å². The largest absolute Gasteiger partial charge is 0.480 e. The molecule has 1 aromatic carbocycles. The highest BCUT2D eigenvalue weighted by molar-refractivity contribution is 7.89. The molecule has 0 saturated carbocycles. The Labute approximate surface area is 117 Å². The molecular formula is C13H16FNO4S. The van der Waals surface area contributed by atoms with E-state index < -0.39 is 27.9 Å². The molecule has 110 valence electrons. The first-order chi connectivity index (χ1) is 9.34. The van der Waals surface area contributed by atoms with Gasteiger partial charge >= 0.3 is 5.97 Å². The zero-order valence-corrected chi connectivity index (χ0v) is 11.9. The molecule has 1 aliphatic heterocycles. The summed E-state index contributed by atoms with van der Waals surface area (Å²) in [5, 5.41) is 9.14. The molecule has 0 amide bonds. The van der Waals surface area contributed by atoms with Gasteiger partial charge in [0.15, 0.2) is 0 Å². The van der Waals surface area contributed by atoms with Crippen LogP contribution in [0.25, 0.3) is 0 Å². The van der Waals surface area contributed by atoms with E-state index in [1.165, 1.54) is 19.1 Å². The summed E-state index contributed by atoms with van der Waals surface area (Å²) in [7, 11) is -3.98. The Hall–Kier alpha value is -1.47. The summed E-state index contributed by atoms with van der Waals surface area (Å²) in [6.07, 6.45) is 1.56. The van der Waals surface area contributed by atoms with Crippen LogP contribution in [0.15, 0.2) is 23.1 Å². The summed E-state index contributed by atoms with van der Waals surface area (Å²) in [4.78, 5) is 11.0. The number of halogens is 1. The summed E-state index contributed by atoms with van der Waals surface area (Å²) in [5.74, 6) is -1.78. The van der Waals surface area contributed by atoms with Gasteiger partial charge in [-0.2, -0.15) is 4.31 Å². The first-order valence-corrected chi connectivity index (χ1v) is 7.79. The fraction of sp³-hybridized carbons (Fsp3) is 0.462. The highest BCUT2D eigenvalue weighted by Crippen LogP contribution is 2.26.